The Labute approximate surface area is 180 Å². The van der Waals surface area contributed by atoms with Gasteiger partial charge in [0.2, 0.25) is 5.91 Å². The molecule has 30 heavy (non-hydrogen) atoms. The van der Waals surface area contributed by atoms with Crippen LogP contribution in [0.2, 0.25) is 0 Å². The van der Waals surface area contributed by atoms with Gasteiger partial charge in [-0.05, 0) is 36.8 Å². The van der Waals surface area contributed by atoms with Crippen LogP contribution < -0.4 is 9.62 Å². The summed E-state index contributed by atoms with van der Waals surface area (Å²) in [5.41, 5.74) is 2.33. The topological polar surface area (TPSA) is 108 Å². The maximum Gasteiger partial charge on any atom is 0.264 e. The molecule has 0 atom stereocenters. The molecule has 3 rings (SSSR count). The first-order valence-corrected chi connectivity index (χ1v) is 11.7. The van der Waals surface area contributed by atoms with Crippen LogP contribution >= 0.6 is 11.8 Å². The van der Waals surface area contributed by atoms with E-state index in [4.69, 9.17) is 0 Å². The van der Waals surface area contributed by atoms with E-state index < -0.39 is 10.0 Å². The number of thioether (sulfide) groups is 1. The largest absolute Gasteiger partial charge is 0.355 e. The molecule has 0 spiro atoms. The van der Waals surface area contributed by atoms with Crippen LogP contribution in [0.5, 0.6) is 0 Å². The minimum absolute atomic E-state index is 0.0958. The van der Waals surface area contributed by atoms with Crippen molar-refractivity contribution in [2.24, 2.45) is 0 Å². The lowest BCUT2D eigenvalue weighted by atomic mass is 10.1. The molecular weight excluding hydrogens is 422 g/mol. The highest BCUT2D eigenvalue weighted by Crippen LogP contribution is 2.22. The second-order valence-electron chi connectivity index (χ2n) is 6.62. The molecule has 0 bridgehead atoms. The van der Waals surface area contributed by atoms with Gasteiger partial charge in [-0.3, -0.25) is 14.2 Å². The van der Waals surface area contributed by atoms with Gasteiger partial charge >= 0.3 is 0 Å². The molecule has 2 N–H and O–H groups in total. The van der Waals surface area contributed by atoms with Crippen LogP contribution in [-0.2, 0) is 21.2 Å². The normalized spacial score (nSPS) is 11.3. The first-order valence-electron chi connectivity index (χ1n) is 9.25. The summed E-state index contributed by atoms with van der Waals surface area (Å²) in [6.07, 6.45) is 1.66. The summed E-state index contributed by atoms with van der Waals surface area (Å²) in [6, 6.07) is 13.7. The smallest absolute Gasteiger partial charge is 0.264 e. The third kappa shape index (κ3) is 5.61. The first kappa shape index (κ1) is 21.8. The van der Waals surface area contributed by atoms with Crippen LogP contribution in [0.25, 0.3) is 0 Å². The van der Waals surface area contributed by atoms with Crippen molar-refractivity contribution in [3.8, 4) is 0 Å². The molecule has 1 aromatic heterocycles. The number of hydrogen-bond donors (Lipinski definition) is 2. The summed E-state index contributed by atoms with van der Waals surface area (Å²) in [7, 11) is -2.12. The van der Waals surface area contributed by atoms with E-state index in [1.807, 2.05) is 6.92 Å². The maximum absolute atomic E-state index is 12.8. The summed E-state index contributed by atoms with van der Waals surface area (Å²) in [5.74, 6) is 0.586. The SMILES string of the molecule is Cc1ccc(S(=O)(=O)N(C)c2ccc(CC(=O)NCCSc3ncn[nH]3)cc2)cc1. The van der Waals surface area contributed by atoms with Gasteiger partial charge in [0.05, 0.1) is 17.0 Å². The van der Waals surface area contributed by atoms with Gasteiger partial charge in [0.1, 0.15) is 6.33 Å². The number of carbonyl (C=O) groups is 1. The highest BCUT2D eigenvalue weighted by atomic mass is 32.2. The van der Waals surface area contributed by atoms with Gasteiger partial charge in [-0.25, -0.2) is 13.4 Å². The van der Waals surface area contributed by atoms with Crippen molar-refractivity contribution < 1.29 is 13.2 Å². The number of amides is 1. The number of rotatable bonds is 9. The Kier molecular flexibility index (Phi) is 7.11. The summed E-state index contributed by atoms with van der Waals surface area (Å²) < 4.78 is 26.8. The minimum atomic E-state index is -3.64. The molecule has 0 saturated heterocycles. The van der Waals surface area contributed by atoms with E-state index in [-0.39, 0.29) is 17.2 Å². The van der Waals surface area contributed by atoms with Crippen molar-refractivity contribution in [2.75, 3.05) is 23.7 Å². The molecule has 0 saturated carbocycles. The minimum Gasteiger partial charge on any atom is -0.355 e. The average molecular weight is 446 g/mol. The highest BCUT2D eigenvalue weighted by molar-refractivity contribution is 7.99. The number of aromatic amines is 1. The number of sulfonamides is 1. The third-order valence-corrected chi connectivity index (χ3v) is 7.08. The van der Waals surface area contributed by atoms with Crippen molar-refractivity contribution in [3.63, 3.8) is 0 Å². The first-order chi connectivity index (χ1) is 14.4. The number of nitrogens with one attached hydrogen (secondary N) is 2. The Balaban J connectivity index is 1.53. The maximum atomic E-state index is 12.8. The molecule has 0 aliphatic heterocycles. The van der Waals surface area contributed by atoms with Crippen LogP contribution in [0.15, 0.2) is 64.9 Å². The predicted octanol–water partition coefficient (Wildman–Crippen LogP) is 2.39. The van der Waals surface area contributed by atoms with Crippen molar-refractivity contribution in [3.05, 3.63) is 66.0 Å². The van der Waals surface area contributed by atoms with E-state index in [1.54, 1.807) is 48.5 Å². The van der Waals surface area contributed by atoms with Crippen LogP contribution in [0.1, 0.15) is 11.1 Å². The fraction of sp³-hybridized carbons (Fsp3) is 0.250. The lowest BCUT2D eigenvalue weighted by Crippen LogP contribution is -2.27. The van der Waals surface area contributed by atoms with Gasteiger partial charge in [0.15, 0.2) is 5.16 Å². The van der Waals surface area contributed by atoms with E-state index in [1.165, 1.54) is 29.4 Å². The Morgan fingerprint density at radius 1 is 1.13 bits per heavy atom. The van der Waals surface area contributed by atoms with Gasteiger partial charge < -0.3 is 5.32 Å². The fourth-order valence-electron chi connectivity index (χ4n) is 2.68. The molecule has 3 aromatic rings. The standard InChI is InChI=1S/C20H23N5O3S2/c1-15-3-9-18(10-4-15)30(27,28)25(2)17-7-5-16(6-8-17)13-19(26)21-11-12-29-20-22-14-23-24-20/h3-10,14H,11-13H2,1-2H3,(H,21,26)(H,22,23,24). The zero-order chi connectivity index (χ0) is 21.6. The highest BCUT2D eigenvalue weighted by Gasteiger charge is 2.21. The van der Waals surface area contributed by atoms with E-state index in [0.717, 1.165) is 11.1 Å². The lowest BCUT2D eigenvalue weighted by molar-refractivity contribution is -0.120. The molecular formula is C20H23N5O3S2. The summed E-state index contributed by atoms with van der Waals surface area (Å²) in [4.78, 5) is 16.3. The second kappa shape index (κ2) is 9.77. The molecule has 8 nitrogen and oxygen atoms in total. The van der Waals surface area contributed by atoms with Gasteiger partial charge in [0, 0.05) is 19.3 Å². The zero-order valence-corrected chi connectivity index (χ0v) is 18.3. The number of nitrogens with zero attached hydrogens (tertiary/aromatic N) is 3. The second-order valence-corrected chi connectivity index (χ2v) is 9.67. The average Bonchev–Trinajstić information content (AvgIpc) is 3.25. The number of anilines is 1. The lowest BCUT2D eigenvalue weighted by Gasteiger charge is -2.20. The van der Waals surface area contributed by atoms with Gasteiger partial charge in [0.25, 0.3) is 10.0 Å². The molecule has 0 aliphatic carbocycles. The quantitative estimate of drug-likeness (QED) is 0.387. The number of aryl methyl sites for hydroxylation is 1. The third-order valence-electron chi connectivity index (χ3n) is 4.40. The fourth-order valence-corrected chi connectivity index (χ4v) is 4.51. The molecule has 1 amide bonds. The number of H-pyrrole nitrogens is 1. The Hall–Kier alpha value is -2.85. The summed E-state index contributed by atoms with van der Waals surface area (Å²) >= 11 is 1.48. The molecule has 1 heterocycles. The van der Waals surface area contributed by atoms with Crippen LogP contribution in [0.3, 0.4) is 0 Å². The monoisotopic (exact) mass is 445 g/mol. The van der Waals surface area contributed by atoms with Crippen molar-refractivity contribution in [2.45, 2.75) is 23.4 Å². The number of benzene rings is 2. The molecule has 158 valence electrons. The van der Waals surface area contributed by atoms with Crippen molar-refractivity contribution >= 4 is 33.4 Å². The van der Waals surface area contributed by atoms with Crippen molar-refractivity contribution in [1.29, 1.82) is 0 Å². The van der Waals surface area contributed by atoms with Gasteiger partial charge in [-0.2, -0.15) is 5.10 Å². The Morgan fingerprint density at radius 2 is 1.83 bits per heavy atom. The molecule has 0 unspecified atom stereocenters. The van der Waals surface area contributed by atoms with E-state index in [2.05, 4.69) is 20.5 Å². The predicted molar refractivity (Wildman–Crippen MR) is 117 cm³/mol. The summed E-state index contributed by atoms with van der Waals surface area (Å²) in [6.45, 7) is 2.42. The van der Waals surface area contributed by atoms with E-state index >= 15 is 0 Å². The van der Waals surface area contributed by atoms with Gasteiger partial charge in [-0.1, -0.05) is 41.6 Å². The zero-order valence-electron chi connectivity index (χ0n) is 16.7. The molecule has 10 heteroatoms. The molecule has 2 aromatic carbocycles. The van der Waals surface area contributed by atoms with Crippen molar-refractivity contribution in [1.82, 2.24) is 20.5 Å². The summed E-state index contributed by atoms with van der Waals surface area (Å²) in [5, 5.41) is 10.1. The van der Waals surface area contributed by atoms with Gasteiger partial charge in [-0.15, -0.1) is 0 Å². The van der Waals surface area contributed by atoms with E-state index in [9.17, 15) is 13.2 Å². The number of aromatic nitrogens is 3. The Morgan fingerprint density at radius 3 is 2.47 bits per heavy atom. The van der Waals surface area contributed by atoms with E-state index in [0.29, 0.717) is 23.1 Å². The molecule has 0 aliphatic rings. The molecule has 0 radical (unpaired) electrons. The van der Waals surface area contributed by atoms with Crippen LogP contribution in [0, 0.1) is 6.92 Å². The number of carbonyl (C=O) groups excluding carboxylic acids is 1. The Bertz CT molecular complexity index is 1070. The molecule has 0 fully saturated rings. The van der Waals surface area contributed by atoms with Crippen LogP contribution in [0.4, 0.5) is 5.69 Å². The number of hydrogen-bond acceptors (Lipinski definition) is 6. The van der Waals surface area contributed by atoms with Crippen LogP contribution in [-0.4, -0.2) is 48.9 Å².